The lowest BCUT2D eigenvalue weighted by molar-refractivity contribution is 0.172. The predicted octanol–water partition coefficient (Wildman–Crippen LogP) is 2.36. The Morgan fingerprint density at radius 3 is 3.06 bits per heavy atom. The summed E-state index contributed by atoms with van der Waals surface area (Å²) in [5.74, 6) is 0. The summed E-state index contributed by atoms with van der Waals surface area (Å²) >= 11 is 0. The molecule has 0 amide bonds. The quantitative estimate of drug-likeness (QED) is 0.456. The molecule has 5 nitrogen and oxygen atoms in total. The number of hydrogen-bond donors (Lipinski definition) is 1. The maximum Gasteiger partial charge on any atom is 0.0860 e. The second-order valence-electron chi connectivity index (χ2n) is 4.94. The summed E-state index contributed by atoms with van der Waals surface area (Å²) in [6, 6.07) is 4.00. The minimum absolute atomic E-state index is 0.0780. The highest BCUT2D eigenvalue weighted by Crippen LogP contribution is 2.52. The van der Waals surface area contributed by atoms with Crippen molar-refractivity contribution in [3.05, 3.63) is 40.0 Å². The summed E-state index contributed by atoms with van der Waals surface area (Å²) in [7, 11) is 0. The first kappa shape index (κ1) is 10.6. The van der Waals surface area contributed by atoms with Gasteiger partial charge in [0.15, 0.2) is 0 Å². The molecule has 1 atom stereocenters. The largest absolute Gasteiger partial charge is 0.317 e. The van der Waals surface area contributed by atoms with E-state index in [1.165, 1.54) is 5.56 Å². The maximum atomic E-state index is 8.78. The number of azide groups is 1. The molecule has 1 unspecified atom stereocenters. The highest BCUT2D eigenvalue weighted by molar-refractivity contribution is 5.33. The van der Waals surface area contributed by atoms with Crippen LogP contribution < -0.4 is 5.32 Å². The molecule has 1 spiro atoms. The number of piperidine rings is 1. The van der Waals surface area contributed by atoms with E-state index >= 15 is 0 Å². The van der Waals surface area contributed by atoms with Crippen molar-refractivity contribution in [2.75, 3.05) is 13.1 Å². The van der Waals surface area contributed by atoms with Crippen molar-refractivity contribution in [3.8, 4) is 0 Å². The van der Waals surface area contributed by atoms with Gasteiger partial charge in [0, 0.05) is 11.1 Å². The molecule has 88 valence electrons. The van der Waals surface area contributed by atoms with E-state index in [0.29, 0.717) is 0 Å². The van der Waals surface area contributed by atoms with E-state index in [4.69, 9.17) is 5.53 Å². The number of nitrogens with one attached hydrogen (secondary N) is 1. The highest BCUT2D eigenvalue weighted by Gasteiger charge is 2.46. The lowest BCUT2D eigenvalue weighted by Crippen LogP contribution is -2.39. The molecule has 0 radical (unpaired) electrons. The highest BCUT2D eigenvalue weighted by atomic mass is 15.2. The average molecular weight is 229 g/mol. The van der Waals surface area contributed by atoms with Crippen molar-refractivity contribution >= 4 is 0 Å². The molecule has 17 heavy (non-hydrogen) atoms. The monoisotopic (exact) mass is 229 g/mol. The van der Waals surface area contributed by atoms with Crippen LogP contribution >= 0.6 is 0 Å². The van der Waals surface area contributed by atoms with E-state index in [1.54, 1.807) is 6.20 Å². The molecule has 1 aromatic heterocycles. The predicted molar refractivity (Wildman–Crippen MR) is 64.4 cm³/mol. The first-order valence-corrected chi connectivity index (χ1v) is 6.04. The minimum Gasteiger partial charge on any atom is -0.317 e. The van der Waals surface area contributed by atoms with Crippen molar-refractivity contribution in [1.82, 2.24) is 10.3 Å². The maximum absolute atomic E-state index is 8.78. The number of nitrogens with zero attached hydrogens (tertiary/aromatic N) is 4. The molecule has 1 aliphatic heterocycles. The van der Waals surface area contributed by atoms with Gasteiger partial charge in [-0.05, 0) is 54.9 Å². The van der Waals surface area contributed by atoms with Gasteiger partial charge in [-0.1, -0.05) is 11.2 Å². The first-order chi connectivity index (χ1) is 8.36. The van der Waals surface area contributed by atoms with Crippen LogP contribution in [0, 0.1) is 5.41 Å². The van der Waals surface area contributed by atoms with E-state index in [1.807, 2.05) is 6.07 Å². The molecule has 1 aromatic rings. The number of aromatic nitrogens is 1. The summed E-state index contributed by atoms with van der Waals surface area (Å²) in [6.45, 7) is 2.01. The smallest absolute Gasteiger partial charge is 0.0860 e. The van der Waals surface area contributed by atoms with Gasteiger partial charge in [-0.15, -0.1) is 0 Å². The molecule has 1 saturated heterocycles. The van der Waals surface area contributed by atoms with Crippen molar-refractivity contribution in [2.45, 2.75) is 25.3 Å². The summed E-state index contributed by atoms with van der Waals surface area (Å²) < 4.78 is 0. The van der Waals surface area contributed by atoms with Crippen LogP contribution in [0.1, 0.15) is 30.1 Å². The topological polar surface area (TPSA) is 73.7 Å². The SMILES string of the molecule is [N-]=[N+]=NC1c2ncccc2CC12CCNCC2. The van der Waals surface area contributed by atoms with Crippen LogP contribution in [0.5, 0.6) is 0 Å². The zero-order chi connectivity index (χ0) is 11.7. The summed E-state index contributed by atoms with van der Waals surface area (Å²) in [4.78, 5) is 7.45. The number of fused-ring (bicyclic) bond motifs is 1. The van der Waals surface area contributed by atoms with Crippen molar-refractivity contribution < 1.29 is 0 Å². The van der Waals surface area contributed by atoms with Gasteiger partial charge < -0.3 is 5.32 Å². The second kappa shape index (κ2) is 4.02. The van der Waals surface area contributed by atoms with E-state index in [0.717, 1.165) is 38.0 Å². The van der Waals surface area contributed by atoms with Gasteiger partial charge in [0.1, 0.15) is 0 Å². The third-order valence-corrected chi connectivity index (χ3v) is 4.07. The van der Waals surface area contributed by atoms with Gasteiger partial charge in [-0.25, -0.2) is 0 Å². The molecule has 2 aliphatic rings. The van der Waals surface area contributed by atoms with Crippen molar-refractivity contribution in [1.29, 1.82) is 0 Å². The summed E-state index contributed by atoms with van der Waals surface area (Å²) in [6.07, 6.45) is 4.92. The van der Waals surface area contributed by atoms with Gasteiger partial charge >= 0.3 is 0 Å². The number of rotatable bonds is 1. The number of pyridine rings is 1. The van der Waals surface area contributed by atoms with E-state index in [9.17, 15) is 0 Å². The lowest BCUT2D eigenvalue weighted by Gasteiger charge is -2.37. The van der Waals surface area contributed by atoms with Crippen LogP contribution in [-0.4, -0.2) is 18.1 Å². The normalized spacial score (nSPS) is 25.3. The summed E-state index contributed by atoms with van der Waals surface area (Å²) in [5, 5.41) is 7.40. The third kappa shape index (κ3) is 1.59. The van der Waals surface area contributed by atoms with E-state index in [-0.39, 0.29) is 11.5 Å². The van der Waals surface area contributed by atoms with Crippen molar-refractivity contribution in [3.63, 3.8) is 0 Å². The van der Waals surface area contributed by atoms with Gasteiger partial charge in [-0.2, -0.15) is 0 Å². The Bertz CT molecular complexity index is 472. The summed E-state index contributed by atoms with van der Waals surface area (Å²) in [5.41, 5.74) is 11.1. The minimum atomic E-state index is -0.0780. The Morgan fingerprint density at radius 1 is 1.47 bits per heavy atom. The molecule has 1 fully saturated rings. The fraction of sp³-hybridized carbons (Fsp3) is 0.583. The molecular weight excluding hydrogens is 214 g/mol. The standard InChI is InChI=1S/C12H15N5/c13-17-16-11-10-9(2-1-5-15-10)8-12(11)3-6-14-7-4-12/h1-2,5,11,14H,3-4,6-8H2. The zero-order valence-corrected chi connectivity index (χ0v) is 9.63. The van der Waals surface area contributed by atoms with Crippen molar-refractivity contribution in [2.24, 2.45) is 10.5 Å². The fourth-order valence-electron chi connectivity index (χ4n) is 3.22. The molecule has 3 rings (SSSR count). The van der Waals surface area contributed by atoms with Gasteiger partial charge in [0.2, 0.25) is 0 Å². The number of hydrogen-bond acceptors (Lipinski definition) is 3. The Labute approximate surface area is 99.9 Å². The molecule has 2 heterocycles. The second-order valence-corrected chi connectivity index (χ2v) is 4.94. The van der Waals surface area contributed by atoms with Crippen LogP contribution in [0.2, 0.25) is 0 Å². The molecule has 0 saturated carbocycles. The molecule has 0 bridgehead atoms. The molecule has 0 aromatic carbocycles. The Balaban J connectivity index is 2.05. The Morgan fingerprint density at radius 2 is 2.29 bits per heavy atom. The molecular formula is C12H15N5. The van der Waals surface area contributed by atoms with E-state index in [2.05, 4.69) is 26.4 Å². The average Bonchev–Trinajstić information content (AvgIpc) is 2.65. The molecule has 1 aliphatic carbocycles. The first-order valence-electron chi connectivity index (χ1n) is 6.04. The molecule has 1 N–H and O–H groups in total. The van der Waals surface area contributed by atoms with Gasteiger partial charge in [0.05, 0.1) is 11.7 Å². The lowest BCUT2D eigenvalue weighted by atomic mass is 9.74. The van der Waals surface area contributed by atoms with Crippen LogP contribution in [0.15, 0.2) is 23.4 Å². The Kier molecular flexibility index (Phi) is 2.50. The Hall–Kier alpha value is -1.58. The third-order valence-electron chi connectivity index (χ3n) is 4.07. The van der Waals surface area contributed by atoms with Crippen LogP contribution in [0.3, 0.4) is 0 Å². The van der Waals surface area contributed by atoms with E-state index < -0.39 is 0 Å². The van der Waals surface area contributed by atoms with Crippen LogP contribution in [-0.2, 0) is 6.42 Å². The zero-order valence-electron chi connectivity index (χ0n) is 9.63. The van der Waals surface area contributed by atoms with Gasteiger partial charge in [-0.3, -0.25) is 4.98 Å². The fourth-order valence-corrected chi connectivity index (χ4v) is 3.22. The molecule has 5 heteroatoms. The van der Waals surface area contributed by atoms with Crippen LogP contribution in [0.25, 0.3) is 10.4 Å². The van der Waals surface area contributed by atoms with Crippen LogP contribution in [0.4, 0.5) is 0 Å². The van der Waals surface area contributed by atoms with Gasteiger partial charge in [0.25, 0.3) is 0 Å².